The fourth-order valence-electron chi connectivity index (χ4n) is 1.52. The van der Waals surface area contributed by atoms with Crippen LogP contribution in [0, 0.1) is 10.1 Å². The molecule has 0 amide bonds. The van der Waals surface area contributed by atoms with Crippen LogP contribution in [0.25, 0.3) is 0 Å². The van der Waals surface area contributed by atoms with E-state index in [1.54, 1.807) is 11.4 Å². The summed E-state index contributed by atoms with van der Waals surface area (Å²) in [4.78, 5) is 14.0. The summed E-state index contributed by atoms with van der Waals surface area (Å²) in [6, 6.07) is 2.42. The number of nitrogens with one attached hydrogen (secondary N) is 1. The number of anilines is 1. The van der Waals surface area contributed by atoms with Gasteiger partial charge in [-0.05, 0) is 33.4 Å². The Morgan fingerprint density at radius 2 is 2.19 bits per heavy atom. The summed E-state index contributed by atoms with van der Waals surface area (Å²) in [7, 11) is 0. The first-order chi connectivity index (χ1) is 9.79. The zero-order valence-electron chi connectivity index (χ0n) is 10.1. The van der Waals surface area contributed by atoms with Crippen molar-refractivity contribution in [3.8, 4) is 0 Å². The minimum Gasteiger partial charge on any atom is -0.374 e. The summed E-state index contributed by atoms with van der Waals surface area (Å²) < 4.78 is 38.6. The Labute approximate surface area is 129 Å². The maximum atomic E-state index is 12.6. The largest absolute Gasteiger partial charge is 0.433 e. The summed E-state index contributed by atoms with van der Waals surface area (Å²) in [5, 5.41) is 15.3. The smallest absolute Gasteiger partial charge is 0.374 e. The summed E-state index contributed by atoms with van der Waals surface area (Å²) in [5.74, 6) is 0. The first-order valence-corrected chi connectivity index (χ1v) is 7.13. The second kappa shape index (κ2) is 5.98. The van der Waals surface area contributed by atoms with Gasteiger partial charge in [-0.3, -0.25) is 10.1 Å². The number of hydrogen-bond donors (Lipinski definition) is 1. The van der Waals surface area contributed by atoms with Gasteiger partial charge in [0.15, 0.2) is 0 Å². The van der Waals surface area contributed by atoms with Crippen LogP contribution in [0.5, 0.6) is 0 Å². The molecule has 2 rings (SSSR count). The van der Waals surface area contributed by atoms with Crippen LogP contribution in [0.1, 0.15) is 10.6 Å². The van der Waals surface area contributed by atoms with Gasteiger partial charge in [-0.25, -0.2) is 4.98 Å². The Hall–Kier alpha value is -1.68. The zero-order chi connectivity index (χ0) is 15.6. The number of pyridine rings is 1. The molecule has 21 heavy (non-hydrogen) atoms. The van der Waals surface area contributed by atoms with Crippen LogP contribution in [0.15, 0.2) is 28.2 Å². The van der Waals surface area contributed by atoms with Gasteiger partial charge in [0, 0.05) is 9.35 Å². The third kappa shape index (κ3) is 3.70. The highest BCUT2D eigenvalue weighted by atomic mass is 79.9. The molecule has 0 radical (unpaired) electrons. The molecule has 5 nitrogen and oxygen atoms in total. The molecule has 0 bridgehead atoms. The van der Waals surface area contributed by atoms with E-state index in [1.165, 1.54) is 11.3 Å². The van der Waals surface area contributed by atoms with E-state index in [2.05, 4.69) is 26.2 Å². The van der Waals surface area contributed by atoms with Crippen molar-refractivity contribution in [2.45, 2.75) is 12.7 Å². The van der Waals surface area contributed by atoms with Gasteiger partial charge in [0.05, 0.1) is 11.5 Å². The van der Waals surface area contributed by atoms with E-state index in [1.807, 2.05) is 0 Å². The molecule has 0 fully saturated rings. The highest BCUT2D eigenvalue weighted by Gasteiger charge is 2.34. The summed E-state index contributed by atoms with van der Waals surface area (Å²) in [6.07, 6.45) is -4.05. The highest BCUT2D eigenvalue weighted by molar-refractivity contribution is 9.10. The average Bonchev–Trinajstić information content (AvgIpc) is 2.80. The van der Waals surface area contributed by atoms with E-state index in [0.717, 1.165) is 9.35 Å². The fraction of sp³-hybridized carbons (Fsp3) is 0.182. The van der Waals surface area contributed by atoms with Crippen molar-refractivity contribution in [2.24, 2.45) is 0 Å². The number of alkyl halides is 3. The van der Waals surface area contributed by atoms with Crippen molar-refractivity contribution in [3.63, 3.8) is 0 Å². The number of nitrogens with zero attached hydrogens (tertiary/aromatic N) is 2. The number of thiophene rings is 1. The lowest BCUT2D eigenvalue weighted by Crippen LogP contribution is -2.10. The molecule has 2 heterocycles. The molecule has 0 unspecified atom stereocenters. The minimum absolute atomic E-state index is 0.167. The minimum atomic E-state index is -4.66. The molecule has 0 saturated carbocycles. The normalized spacial score (nSPS) is 11.4. The highest BCUT2D eigenvalue weighted by Crippen LogP contribution is 2.33. The molecule has 2 aromatic rings. The van der Waals surface area contributed by atoms with E-state index in [9.17, 15) is 23.3 Å². The van der Waals surface area contributed by atoms with Crippen molar-refractivity contribution in [3.05, 3.63) is 48.9 Å². The summed E-state index contributed by atoms with van der Waals surface area (Å²) in [5.41, 5.74) is -1.90. The van der Waals surface area contributed by atoms with Gasteiger partial charge in [-0.2, -0.15) is 13.2 Å². The molecule has 2 aromatic heterocycles. The Balaban J connectivity index is 2.31. The molecule has 0 aliphatic carbocycles. The number of halogens is 4. The molecule has 0 aliphatic rings. The standard InChI is InChI=1S/C11H7BrF3N3O2S/c12-6-1-2-21-9(6)5-16-7-3-10(11(13,14)15)17-4-8(7)18(19)20/h1-4H,5H2,(H,16,17). The van der Waals surface area contributed by atoms with Crippen molar-refractivity contribution < 1.29 is 18.1 Å². The quantitative estimate of drug-likeness (QED) is 0.627. The first-order valence-electron chi connectivity index (χ1n) is 5.46. The summed E-state index contributed by atoms with van der Waals surface area (Å²) in [6.45, 7) is 0.167. The Kier molecular flexibility index (Phi) is 4.47. The van der Waals surface area contributed by atoms with Crippen LogP contribution in [-0.4, -0.2) is 9.91 Å². The van der Waals surface area contributed by atoms with E-state index in [0.29, 0.717) is 12.3 Å². The van der Waals surface area contributed by atoms with Crippen LogP contribution < -0.4 is 5.32 Å². The molecule has 1 N–H and O–H groups in total. The predicted molar refractivity (Wildman–Crippen MR) is 75.2 cm³/mol. The van der Waals surface area contributed by atoms with Crippen LogP contribution in [0.2, 0.25) is 0 Å². The SMILES string of the molecule is O=[N+]([O-])c1cnc(C(F)(F)F)cc1NCc1sccc1Br. The Morgan fingerprint density at radius 3 is 2.71 bits per heavy atom. The van der Waals surface area contributed by atoms with E-state index >= 15 is 0 Å². The first kappa shape index (κ1) is 15.7. The maximum absolute atomic E-state index is 12.6. The summed E-state index contributed by atoms with van der Waals surface area (Å²) >= 11 is 4.65. The lowest BCUT2D eigenvalue weighted by Gasteiger charge is -2.10. The monoisotopic (exact) mass is 381 g/mol. The van der Waals surface area contributed by atoms with E-state index in [4.69, 9.17) is 0 Å². The van der Waals surface area contributed by atoms with Crippen LogP contribution >= 0.6 is 27.3 Å². The molecule has 0 aliphatic heterocycles. The fourth-order valence-corrected chi connectivity index (χ4v) is 2.95. The van der Waals surface area contributed by atoms with Crippen LogP contribution in [0.4, 0.5) is 24.5 Å². The van der Waals surface area contributed by atoms with Crippen molar-refractivity contribution in [2.75, 3.05) is 5.32 Å². The van der Waals surface area contributed by atoms with Gasteiger partial charge in [0.25, 0.3) is 0 Å². The maximum Gasteiger partial charge on any atom is 0.433 e. The molecule has 10 heteroatoms. The van der Waals surface area contributed by atoms with E-state index in [-0.39, 0.29) is 12.2 Å². The van der Waals surface area contributed by atoms with Gasteiger partial charge >= 0.3 is 11.9 Å². The van der Waals surface area contributed by atoms with Gasteiger partial charge in [0.2, 0.25) is 0 Å². The topological polar surface area (TPSA) is 68.1 Å². The van der Waals surface area contributed by atoms with Crippen LogP contribution in [-0.2, 0) is 12.7 Å². The molecule has 0 spiro atoms. The number of nitro groups is 1. The zero-order valence-corrected chi connectivity index (χ0v) is 12.6. The van der Waals surface area contributed by atoms with E-state index < -0.39 is 22.5 Å². The number of hydrogen-bond acceptors (Lipinski definition) is 5. The number of rotatable bonds is 4. The van der Waals surface area contributed by atoms with Crippen molar-refractivity contribution >= 4 is 38.6 Å². The average molecular weight is 382 g/mol. The lowest BCUT2D eigenvalue weighted by atomic mass is 10.2. The number of aromatic nitrogens is 1. The Bertz CT molecular complexity index is 675. The predicted octanol–water partition coefficient (Wildman–Crippen LogP) is 4.44. The third-order valence-corrected chi connectivity index (χ3v) is 4.43. The van der Waals surface area contributed by atoms with Gasteiger partial charge in [-0.1, -0.05) is 0 Å². The van der Waals surface area contributed by atoms with Gasteiger partial charge in [-0.15, -0.1) is 11.3 Å². The van der Waals surface area contributed by atoms with Crippen molar-refractivity contribution in [1.82, 2.24) is 4.98 Å². The van der Waals surface area contributed by atoms with Gasteiger partial charge in [0.1, 0.15) is 17.6 Å². The lowest BCUT2D eigenvalue weighted by molar-refractivity contribution is -0.384. The molecular formula is C11H7BrF3N3O2S. The molecule has 112 valence electrons. The van der Waals surface area contributed by atoms with Crippen molar-refractivity contribution in [1.29, 1.82) is 0 Å². The molecular weight excluding hydrogens is 375 g/mol. The molecule has 0 atom stereocenters. The molecule has 0 saturated heterocycles. The molecule has 0 aromatic carbocycles. The van der Waals surface area contributed by atoms with Gasteiger partial charge < -0.3 is 5.32 Å². The third-order valence-electron chi connectivity index (χ3n) is 2.50. The second-order valence-electron chi connectivity index (χ2n) is 3.89. The van der Waals surface area contributed by atoms with Crippen LogP contribution in [0.3, 0.4) is 0 Å². The second-order valence-corrected chi connectivity index (χ2v) is 5.74. The Morgan fingerprint density at radius 1 is 1.48 bits per heavy atom.